The standard InChI is InChI=1S/C15H20ClNO3/c1-10-6-17-7-14(20-10)9-18-8-12-5-13(16)4-11-2-3-19-15(11)12/h4-5,10,14,17H,2-3,6-9H2,1H3. The van der Waals surface area contributed by atoms with E-state index in [-0.39, 0.29) is 12.2 Å². The van der Waals surface area contributed by atoms with Gasteiger partial charge in [0.25, 0.3) is 0 Å². The molecule has 0 radical (unpaired) electrons. The van der Waals surface area contributed by atoms with Crippen molar-refractivity contribution in [2.45, 2.75) is 32.2 Å². The fourth-order valence-electron chi connectivity index (χ4n) is 2.72. The molecule has 2 unspecified atom stereocenters. The van der Waals surface area contributed by atoms with Gasteiger partial charge in [0.2, 0.25) is 0 Å². The maximum absolute atomic E-state index is 6.13. The highest BCUT2D eigenvalue weighted by Crippen LogP contribution is 2.33. The molecule has 0 aliphatic carbocycles. The van der Waals surface area contributed by atoms with Crippen LogP contribution in [-0.4, -0.2) is 38.5 Å². The van der Waals surface area contributed by atoms with E-state index >= 15 is 0 Å². The summed E-state index contributed by atoms with van der Waals surface area (Å²) in [5.41, 5.74) is 2.21. The number of halogens is 1. The molecule has 110 valence electrons. The lowest BCUT2D eigenvalue weighted by Crippen LogP contribution is -2.45. The molecule has 0 aromatic heterocycles. The average Bonchev–Trinajstić information content (AvgIpc) is 2.87. The smallest absolute Gasteiger partial charge is 0.128 e. The number of hydrogen-bond donors (Lipinski definition) is 1. The summed E-state index contributed by atoms with van der Waals surface area (Å²) in [7, 11) is 0. The summed E-state index contributed by atoms with van der Waals surface area (Å²) in [6.07, 6.45) is 1.29. The van der Waals surface area contributed by atoms with Crippen LogP contribution in [0, 0.1) is 0 Å². The first-order valence-corrected chi connectivity index (χ1v) is 7.48. The van der Waals surface area contributed by atoms with Crippen molar-refractivity contribution in [3.63, 3.8) is 0 Å². The molecule has 0 bridgehead atoms. The van der Waals surface area contributed by atoms with Gasteiger partial charge in [-0.05, 0) is 24.6 Å². The molecule has 2 aliphatic heterocycles. The van der Waals surface area contributed by atoms with Crippen molar-refractivity contribution < 1.29 is 14.2 Å². The quantitative estimate of drug-likeness (QED) is 0.924. The number of rotatable bonds is 4. The molecule has 20 heavy (non-hydrogen) atoms. The van der Waals surface area contributed by atoms with E-state index in [1.165, 1.54) is 5.56 Å². The zero-order valence-electron chi connectivity index (χ0n) is 11.7. The van der Waals surface area contributed by atoms with Gasteiger partial charge in [0.1, 0.15) is 5.75 Å². The van der Waals surface area contributed by atoms with Gasteiger partial charge in [0.05, 0.1) is 32.0 Å². The van der Waals surface area contributed by atoms with Crippen LogP contribution in [0.25, 0.3) is 0 Å². The molecule has 3 rings (SSSR count). The molecule has 4 nitrogen and oxygen atoms in total. The second-order valence-corrected chi connectivity index (χ2v) is 5.83. The first kappa shape index (κ1) is 14.1. The van der Waals surface area contributed by atoms with E-state index in [1.54, 1.807) is 0 Å². The minimum absolute atomic E-state index is 0.118. The lowest BCUT2D eigenvalue weighted by Gasteiger charge is -2.28. The van der Waals surface area contributed by atoms with Crippen molar-refractivity contribution in [3.05, 3.63) is 28.3 Å². The lowest BCUT2D eigenvalue weighted by atomic mass is 10.1. The van der Waals surface area contributed by atoms with Gasteiger partial charge in [-0.15, -0.1) is 0 Å². The summed E-state index contributed by atoms with van der Waals surface area (Å²) in [4.78, 5) is 0. The molecule has 0 amide bonds. The number of ether oxygens (including phenoxy) is 3. The highest BCUT2D eigenvalue weighted by molar-refractivity contribution is 6.30. The van der Waals surface area contributed by atoms with Crippen molar-refractivity contribution in [1.29, 1.82) is 0 Å². The lowest BCUT2D eigenvalue weighted by molar-refractivity contribution is -0.0717. The summed E-state index contributed by atoms with van der Waals surface area (Å²) < 4.78 is 17.2. The molecule has 0 spiro atoms. The van der Waals surface area contributed by atoms with Gasteiger partial charge in [0.15, 0.2) is 0 Å². The molecule has 5 heteroatoms. The van der Waals surface area contributed by atoms with E-state index < -0.39 is 0 Å². The van der Waals surface area contributed by atoms with E-state index in [0.717, 1.165) is 42.5 Å². The summed E-state index contributed by atoms with van der Waals surface area (Å²) in [5.74, 6) is 0.949. The summed E-state index contributed by atoms with van der Waals surface area (Å²) in [5, 5.41) is 4.08. The molecular weight excluding hydrogens is 278 g/mol. The Morgan fingerprint density at radius 3 is 3.15 bits per heavy atom. The Hall–Kier alpha value is -0.810. The van der Waals surface area contributed by atoms with Crippen LogP contribution in [0.15, 0.2) is 12.1 Å². The topological polar surface area (TPSA) is 39.7 Å². The third-order valence-electron chi connectivity index (χ3n) is 3.62. The maximum Gasteiger partial charge on any atom is 0.128 e. The molecule has 2 aliphatic rings. The molecule has 1 saturated heterocycles. The van der Waals surface area contributed by atoms with Crippen LogP contribution in [0.2, 0.25) is 5.02 Å². The van der Waals surface area contributed by atoms with Gasteiger partial charge in [-0.3, -0.25) is 0 Å². The molecule has 0 saturated carbocycles. The van der Waals surface area contributed by atoms with Gasteiger partial charge < -0.3 is 19.5 Å². The van der Waals surface area contributed by atoms with Gasteiger partial charge in [-0.25, -0.2) is 0 Å². The Bertz CT molecular complexity index is 480. The summed E-state index contributed by atoms with van der Waals surface area (Å²) in [6, 6.07) is 3.90. The predicted octanol–water partition coefficient (Wildman–Crippen LogP) is 2.17. The van der Waals surface area contributed by atoms with Crippen molar-refractivity contribution in [2.24, 2.45) is 0 Å². The van der Waals surface area contributed by atoms with Gasteiger partial charge in [-0.1, -0.05) is 11.6 Å². The minimum Gasteiger partial charge on any atom is -0.493 e. The molecule has 1 N–H and O–H groups in total. The Balaban J connectivity index is 1.56. The summed E-state index contributed by atoms with van der Waals surface area (Å²) in [6.45, 7) is 5.64. The van der Waals surface area contributed by atoms with Gasteiger partial charge >= 0.3 is 0 Å². The maximum atomic E-state index is 6.13. The van der Waals surface area contributed by atoms with Crippen LogP contribution >= 0.6 is 11.6 Å². The Morgan fingerprint density at radius 1 is 1.40 bits per heavy atom. The molecule has 2 heterocycles. The molecular formula is C15H20ClNO3. The van der Waals surface area contributed by atoms with Crippen molar-refractivity contribution in [1.82, 2.24) is 5.32 Å². The Labute approximate surface area is 124 Å². The van der Waals surface area contributed by atoms with Crippen LogP contribution < -0.4 is 10.1 Å². The van der Waals surface area contributed by atoms with Gasteiger partial charge in [0, 0.05) is 30.1 Å². The van der Waals surface area contributed by atoms with Crippen molar-refractivity contribution in [3.8, 4) is 5.75 Å². The van der Waals surface area contributed by atoms with Crippen LogP contribution in [0.4, 0.5) is 0 Å². The van der Waals surface area contributed by atoms with E-state index in [2.05, 4.69) is 12.2 Å². The molecule has 1 aromatic rings. The number of morpholine rings is 1. The Kier molecular flexibility index (Phi) is 4.46. The van der Waals surface area contributed by atoms with Crippen molar-refractivity contribution >= 4 is 11.6 Å². The fourth-order valence-corrected chi connectivity index (χ4v) is 2.99. The fraction of sp³-hybridized carbons (Fsp3) is 0.600. The number of nitrogens with one attached hydrogen (secondary N) is 1. The van der Waals surface area contributed by atoms with E-state index in [9.17, 15) is 0 Å². The Morgan fingerprint density at radius 2 is 2.30 bits per heavy atom. The van der Waals surface area contributed by atoms with Crippen LogP contribution in [0.5, 0.6) is 5.75 Å². The van der Waals surface area contributed by atoms with Gasteiger partial charge in [-0.2, -0.15) is 0 Å². The largest absolute Gasteiger partial charge is 0.493 e. The monoisotopic (exact) mass is 297 g/mol. The van der Waals surface area contributed by atoms with Crippen LogP contribution in [-0.2, 0) is 22.5 Å². The zero-order chi connectivity index (χ0) is 13.9. The molecule has 2 atom stereocenters. The van der Waals surface area contributed by atoms with E-state index in [1.807, 2.05) is 12.1 Å². The second kappa shape index (κ2) is 6.31. The normalized spacial score (nSPS) is 25.3. The van der Waals surface area contributed by atoms with Crippen molar-refractivity contribution in [2.75, 3.05) is 26.3 Å². The first-order valence-electron chi connectivity index (χ1n) is 7.10. The third-order valence-corrected chi connectivity index (χ3v) is 3.83. The van der Waals surface area contributed by atoms with E-state index in [0.29, 0.717) is 13.2 Å². The van der Waals surface area contributed by atoms with Crippen LogP contribution in [0.3, 0.4) is 0 Å². The molecule has 1 fully saturated rings. The highest BCUT2D eigenvalue weighted by atomic mass is 35.5. The van der Waals surface area contributed by atoms with Crippen LogP contribution in [0.1, 0.15) is 18.1 Å². The number of benzene rings is 1. The number of fused-ring (bicyclic) bond motifs is 1. The highest BCUT2D eigenvalue weighted by Gasteiger charge is 2.20. The summed E-state index contributed by atoms with van der Waals surface area (Å²) >= 11 is 6.13. The van der Waals surface area contributed by atoms with E-state index in [4.69, 9.17) is 25.8 Å². The average molecular weight is 298 g/mol. The second-order valence-electron chi connectivity index (χ2n) is 5.39. The minimum atomic E-state index is 0.118. The SMILES string of the molecule is CC1CNCC(COCc2cc(Cl)cc3c2OCC3)O1. The predicted molar refractivity (Wildman–Crippen MR) is 77.5 cm³/mol. The first-order chi connectivity index (χ1) is 9.72. The number of hydrogen-bond acceptors (Lipinski definition) is 4. The zero-order valence-corrected chi connectivity index (χ0v) is 12.4. The molecule has 1 aromatic carbocycles. The third kappa shape index (κ3) is 3.26.